The molecule has 0 amide bonds. The van der Waals surface area contributed by atoms with Crippen molar-refractivity contribution in [3.05, 3.63) is 36.5 Å². The molecule has 11 heavy (non-hydrogen) atoms. The molecule has 0 unspecified atom stereocenters. The average molecular weight is 144 g/mol. The molecule has 0 atom stereocenters. The van der Waals surface area contributed by atoms with Crippen molar-refractivity contribution in [2.75, 3.05) is 0 Å². The second-order valence-corrected chi connectivity index (χ2v) is 2.42. The fourth-order valence-electron chi connectivity index (χ4n) is 1.09. The number of rotatable bonds is 1. The number of hydrogen-bond acceptors (Lipinski definition) is 1. The number of nitrogens with zero attached hydrogens (tertiary/aromatic N) is 1. The predicted molar refractivity (Wildman–Crippen MR) is 46.2 cm³/mol. The molecule has 0 aliphatic rings. The van der Waals surface area contributed by atoms with Gasteiger partial charge in [0, 0.05) is 5.39 Å². The van der Waals surface area contributed by atoms with E-state index in [0.29, 0.717) is 0 Å². The second kappa shape index (κ2) is 2.23. The Bertz CT molecular complexity index is 387. The topological polar surface area (TPSA) is 28.7 Å². The molecule has 2 heteroatoms. The number of benzene rings is 1. The molecular formula is C9H8N2. The van der Waals surface area contributed by atoms with Crippen LogP contribution in [0.3, 0.4) is 0 Å². The molecule has 0 saturated heterocycles. The Morgan fingerprint density at radius 3 is 3.18 bits per heavy atom. The Morgan fingerprint density at radius 2 is 2.36 bits per heavy atom. The molecule has 54 valence electrons. The maximum Gasteiger partial charge on any atom is 0.0650 e. The molecule has 1 aromatic heterocycles. The van der Waals surface area contributed by atoms with Crippen molar-refractivity contribution in [2.24, 2.45) is 0 Å². The lowest BCUT2D eigenvalue weighted by Gasteiger charge is -1.90. The summed E-state index contributed by atoms with van der Waals surface area (Å²) in [5.74, 6) is 0. The normalized spacial score (nSPS) is 10.2. The van der Waals surface area contributed by atoms with Gasteiger partial charge in [-0.25, -0.2) is 0 Å². The van der Waals surface area contributed by atoms with Gasteiger partial charge in [-0.15, -0.1) is 0 Å². The second-order valence-electron chi connectivity index (χ2n) is 2.42. The highest BCUT2D eigenvalue weighted by molar-refractivity contribution is 5.80. The smallest absolute Gasteiger partial charge is 0.0650 e. The summed E-state index contributed by atoms with van der Waals surface area (Å²) < 4.78 is 0. The van der Waals surface area contributed by atoms with Gasteiger partial charge in [0.15, 0.2) is 0 Å². The zero-order valence-corrected chi connectivity index (χ0v) is 6.04. The van der Waals surface area contributed by atoms with Gasteiger partial charge in [0.2, 0.25) is 0 Å². The number of nitrogens with one attached hydrogen (secondary N) is 1. The Balaban J connectivity index is 2.76. The van der Waals surface area contributed by atoms with E-state index in [4.69, 9.17) is 0 Å². The monoisotopic (exact) mass is 144 g/mol. The molecular weight excluding hydrogens is 136 g/mol. The molecule has 0 fully saturated rings. The van der Waals surface area contributed by atoms with E-state index in [9.17, 15) is 0 Å². The quantitative estimate of drug-likeness (QED) is 0.653. The highest BCUT2D eigenvalue weighted by atomic mass is 15.1. The summed E-state index contributed by atoms with van der Waals surface area (Å²) in [5, 5.41) is 7.93. The Labute approximate surface area is 64.6 Å². The van der Waals surface area contributed by atoms with Crippen LogP contribution in [0.15, 0.2) is 31.0 Å². The van der Waals surface area contributed by atoms with Crippen LogP contribution in [-0.4, -0.2) is 10.2 Å². The van der Waals surface area contributed by atoms with Crippen LogP contribution in [0.5, 0.6) is 0 Å². The van der Waals surface area contributed by atoms with Crippen LogP contribution in [0.4, 0.5) is 0 Å². The maximum absolute atomic E-state index is 3.92. The average Bonchev–Trinajstić information content (AvgIpc) is 2.50. The van der Waals surface area contributed by atoms with Gasteiger partial charge in [-0.1, -0.05) is 18.7 Å². The summed E-state index contributed by atoms with van der Waals surface area (Å²) in [4.78, 5) is 0. The van der Waals surface area contributed by atoms with E-state index in [1.54, 1.807) is 0 Å². The molecule has 0 aliphatic heterocycles. The number of hydrogen-bond donors (Lipinski definition) is 1. The lowest BCUT2D eigenvalue weighted by molar-refractivity contribution is 1.12. The summed E-state index contributed by atoms with van der Waals surface area (Å²) >= 11 is 0. The SMILES string of the molecule is C=Cc1ccc2[nH]ncc2c1. The minimum absolute atomic E-state index is 1.07. The van der Waals surface area contributed by atoms with E-state index in [1.165, 1.54) is 0 Å². The lowest BCUT2D eigenvalue weighted by Crippen LogP contribution is -1.70. The van der Waals surface area contributed by atoms with Crippen molar-refractivity contribution in [3.8, 4) is 0 Å². The molecule has 2 nitrogen and oxygen atoms in total. The standard InChI is InChI=1S/C9H8N2/c1-2-7-3-4-9-8(5-7)6-10-11-9/h2-6H,1H2,(H,10,11). The molecule has 0 bridgehead atoms. The van der Waals surface area contributed by atoms with E-state index < -0.39 is 0 Å². The van der Waals surface area contributed by atoms with Crippen LogP contribution >= 0.6 is 0 Å². The maximum atomic E-state index is 3.92. The predicted octanol–water partition coefficient (Wildman–Crippen LogP) is 2.21. The third kappa shape index (κ3) is 0.923. The Morgan fingerprint density at radius 1 is 1.45 bits per heavy atom. The summed E-state index contributed by atoms with van der Waals surface area (Å²) in [6.07, 6.45) is 3.63. The zero-order chi connectivity index (χ0) is 7.68. The lowest BCUT2D eigenvalue weighted by atomic mass is 10.2. The van der Waals surface area contributed by atoms with Crippen LogP contribution in [-0.2, 0) is 0 Å². The fourth-order valence-corrected chi connectivity index (χ4v) is 1.09. The Hall–Kier alpha value is -1.57. The first kappa shape index (κ1) is 6.16. The van der Waals surface area contributed by atoms with Crippen LogP contribution < -0.4 is 0 Å². The molecule has 2 aromatic rings. The first-order valence-electron chi connectivity index (χ1n) is 3.46. The van der Waals surface area contributed by atoms with Crippen molar-refractivity contribution >= 4 is 17.0 Å². The van der Waals surface area contributed by atoms with E-state index in [1.807, 2.05) is 30.5 Å². The van der Waals surface area contributed by atoms with E-state index in [0.717, 1.165) is 16.5 Å². The van der Waals surface area contributed by atoms with Gasteiger partial charge in [0.05, 0.1) is 11.7 Å². The first-order valence-corrected chi connectivity index (χ1v) is 3.46. The fraction of sp³-hybridized carbons (Fsp3) is 0. The number of H-pyrrole nitrogens is 1. The number of aromatic amines is 1. The van der Waals surface area contributed by atoms with Gasteiger partial charge in [-0.2, -0.15) is 5.10 Å². The van der Waals surface area contributed by atoms with Crippen molar-refractivity contribution in [2.45, 2.75) is 0 Å². The van der Waals surface area contributed by atoms with Gasteiger partial charge in [0.1, 0.15) is 0 Å². The number of fused-ring (bicyclic) bond motifs is 1. The minimum atomic E-state index is 1.07. The zero-order valence-electron chi connectivity index (χ0n) is 6.04. The molecule has 0 aliphatic carbocycles. The molecule has 1 aromatic carbocycles. The van der Waals surface area contributed by atoms with Gasteiger partial charge in [-0.05, 0) is 17.7 Å². The van der Waals surface area contributed by atoms with E-state index >= 15 is 0 Å². The van der Waals surface area contributed by atoms with Crippen molar-refractivity contribution in [1.29, 1.82) is 0 Å². The first-order chi connectivity index (χ1) is 5.40. The minimum Gasteiger partial charge on any atom is -0.278 e. The van der Waals surface area contributed by atoms with Gasteiger partial charge >= 0.3 is 0 Å². The Kier molecular flexibility index (Phi) is 1.25. The molecule has 0 saturated carbocycles. The molecule has 1 N–H and O–H groups in total. The van der Waals surface area contributed by atoms with Crippen molar-refractivity contribution in [3.63, 3.8) is 0 Å². The number of aromatic nitrogens is 2. The van der Waals surface area contributed by atoms with Crippen LogP contribution in [0, 0.1) is 0 Å². The largest absolute Gasteiger partial charge is 0.278 e. The van der Waals surface area contributed by atoms with Crippen LogP contribution in [0.1, 0.15) is 5.56 Å². The van der Waals surface area contributed by atoms with Crippen molar-refractivity contribution < 1.29 is 0 Å². The summed E-state index contributed by atoms with van der Waals surface area (Å²) in [6.45, 7) is 3.69. The van der Waals surface area contributed by atoms with Gasteiger partial charge < -0.3 is 0 Å². The molecule has 1 heterocycles. The highest BCUT2D eigenvalue weighted by Gasteiger charge is 1.93. The highest BCUT2D eigenvalue weighted by Crippen LogP contribution is 2.12. The van der Waals surface area contributed by atoms with Crippen molar-refractivity contribution in [1.82, 2.24) is 10.2 Å². The van der Waals surface area contributed by atoms with Crippen LogP contribution in [0.2, 0.25) is 0 Å². The summed E-state index contributed by atoms with van der Waals surface area (Å²) in [6, 6.07) is 6.05. The summed E-state index contributed by atoms with van der Waals surface area (Å²) in [7, 11) is 0. The molecule has 0 radical (unpaired) electrons. The molecule has 2 rings (SSSR count). The van der Waals surface area contributed by atoms with E-state index in [2.05, 4.69) is 16.8 Å². The summed E-state index contributed by atoms with van der Waals surface area (Å²) in [5.41, 5.74) is 2.19. The van der Waals surface area contributed by atoms with Gasteiger partial charge in [-0.3, -0.25) is 5.10 Å². The molecule has 0 spiro atoms. The third-order valence-corrected chi connectivity index (χ3v) is 1.70. The van der Waals surface area contributed by atoms with Gasteiger partial charge in [0.25, 0.3) is 0 Å². The van der Waals surface area contributed by atoms with Crippen LogP contribution in [0.25, 0.3) is 17.0 Å². The van der Waals surface area contributed by atoms with E-state index in [-0.39, 0.29) is 0 Å². The third-order valence-electron chi connectivity index (χ3n) is 1.70.